The van der Waals surface area contributed by atoms with Gasteiger partial charge in [0.15, 0.2) is 0 Å². The van der Waals surface area contributed by atoms with E-state index in [9.17, 15) is 9.59 Å². The molecule has 14 heavy (non-hydrogen) atoms. The predicted molar refractivity (Wildman–Crippen MR) is 51.2 cm³/mol. The molecule has 0 aromatic carbocycles. The van der Waals surface area contributed by atoms with Crippen LogP contribution in [-0.4, -0.2) is 29.9 Å². The van der Waals surface area contributed by atoms with Crippen LogP contribution < -0.4 is 0 Å². The lowest BCUT2D eigenvalue weighted by molar-refractivity contribution is -0.136. The summed E-state index contributed by atoms with van der Waals surface area (Å²) in [7, 11) is 0. The molecule has 0 aliphatic carbocycles. The summed E-state index contributed by atoms with van der Waals surface area (Å²) in [5.41, 5.74) is 0. The van der Waals surface area contributed by atoms with Crippen molar-refractivity contribution in [1.29, 1.82) is 0 Å². The van der Waals surface area contributed by atoms with E-state index in [1.54, 1.807) is 17.2 Å². The second kappa shape index (κ2) is 5.21. The minimum absolute atomic E-state index is 0.122. The summed E-state index contributed by atoms with van der Waals surface area (Å²) < 4.78 is 4.70. The molecule has 0 aromatic heterocycles. The van der Waals surface area contributed by atoms with E-state index in [1.807, 2.05) is 0 Å². The molecule has 1 rings (SSSR count). The van der Waals surface area contributed by atoms with Crippen LogP contribution in [0.25, 0.3) is 0 Å². The summed E-state index contributed by atoms with van der Waals surface area (Å²) in [6.07, 6.45) is 5.91. The molecule has 1 amide bonds. The van der Waals surface area contributed by atoms with Crippen LogP contribution in [-0.2, 0) is 14.3 Å². The molecular formula is C10H13NO3. The van der Waals surface area contributed by atoms with Crippen LogP contribution in [0.15, 0.2) is 24.9 Å². The average molecular weight is 195 g/mol. The topological polar surface area (TPSA) is 46.6 Å². The van der Waals surface area contributed by atoms with E-state index in [2.05, 4.69) is 6.58 Å². The number of carbonyl (C=O) groups excluding carboxylic acids is 2. The first kappa shape index (κ1) is 10.5. The smallest absolute Gasteiger partial charge is 0.330 e. The van der Waals surface area contributed by atoms with Crippen molar-refractivity contribution in [3.05, 3.63) is 24.9 Å². The second-order valence-corrected chi connectivity index (χ2v) is 2.91. The predicted octanol–water partition coefficient (Wildman–Crippen LogP) is 0.852. The van der Waals surface area contributed by atoms with Gasteiger partial charge < -0.3 is 9.64 Å². The first-order valence-electron chi connectivity index (χ1n) is 4.49. The molecule has 0 saturated carbocycles. The molecule has 4 nitrogen and oxygen atoms in total. The number of ether oxygens (including phenoxy) is 1. The highest BCUT2D eigenvalue weighted by Gasteiger charge is 2.16. The third-order valence-electron chi connectivity index (χ3n) is 1.88. The van der Waals surface area contributed by atoms with Gasteiger partial charge in [-0.1, -0.05) is 6.58 Å². The van der Waals surface area contributed by atoms with Gasteiger partial charge in [0, 0.05) is 25.2 Å². The average Bonchev–Trinajstić information content (AvgIpc) is 2.58. The number of rotatable bonds is 4. The number of likely N-dealkylation sites (tertiary alicyclic amines) is 1. The van der Waals surface area contributed by atoms with Gasteiger partial charge in [0.05, 0.1) is 0 Å². The van der Waals surface area contributed by atoms with Gasteiger partial charge in [-0.25, -0.2) is 4.79 Å². The van der Waals surface area contributed by atoms with Crippen LogP contribution in [0.3, 0.4) is 0 Å². The van der Waals surface area contributed by atoms with E-state index >= 15 is 0 Å². The van der Waals surface area contributed by atoms with Crippen molar-refractivity contribution in [3.63, 3.8) is 0 Å². The molecule has 1 aliphatic rings. The van der Waals surface area contributed by atoms with Gasteiger partial charge in [0.2, 0.25) is 5.91 Å². The highest BCUT2D eigenvalue weighted by molar-refractivity contribution is 5.81. The van der Waals surface area contributed by atoms with Crippen molar-refractivity contribution < 1.29 is 14.3 Å². The van der Waals surface area contributed by atoms with Gasteiger partial charge in [-0.05, 0) is 12.5 Å². The first-order valence-corrected chi connectivity index (χ1v) is 4.49. The van der Waals surface area contributed by atoms with Crippen molar-refractivity contribution in [2.45, 2.75) is 12.8 Å². The Bertz CT molecular complexity index is 271. The van der Waals surface area contributed by atoms with Crippen LogP contribution >= 0.6 is 0 Å². The molecule has 0 bridgehead atoms. The monoisotopic (exact) mass is 195 g/mol. The van der Waals surface area contributed by atoms with Crippen LogP contribution in [0.5, 0.6) is 0 Å². The quantitative estimate of drug-likeness (QED) is 0.493. The maximum absolute atomic E-state index is 11.1. The van der Waals surface area contributed by atoms with E-state index in [4.69, 9.17) is 4.74 Å². The molecule has 0 atom stereocenters. The fourth-order valence-corrected chi connectivity index (χ4v) is 1.19. The fraction of sp³-hybridized carbons (Fsp3) is 0.400. The molecule has 0 aromatic rings. The Balaban J connectivity index is 2.23. The van der Waals surface area contributed by atoms with Gasteiger partial charge in [-0.3, -0.25) is 4.79 Å². The van der Waals surface area contributed by atoms with E-state index in [1.165, 1.54) is 0 Å². The largest absolute Gasteiger partial charge is 0.458 e. The lowest BCUT2D eigenvalue weighted by atomic mass is 10.4. The van der Waals surface area contributed by atoms with Gasteiger partial charge in [-0.2, -0.15) is 0 Å². The number of hydrogen-bond acceptors (Lipinski definition) is 3. The Hall–Kier alpha value is -1.58. The van der Waals surface area contributed by atoms with Gasteiger partial charge >= 0.3 is 5.97 Å². The van der Waals surface area contributed by atoms with Crippen molar-refractivity contribution in [1.82, 2.24) is 4.90 Å². The highest BCUT2D eigenvalue weighted by Crippen LogP contribution is 2.09. The molecule has 0 unspecified atom stereocenters. The van der Waals surface area contributed by atoms with Gasteiger partial charge in [-0.15, -0.1) is 0 Å². The summed E-state index contributed by atoms with van der Waals surface area (Å²) in [6, 6.07) is 0. The maximum atomic E-state index is 11.1. The molecule has 76 valence electrons. The van der Waals surface area contributed by atoms with Gasteiger partial charge in [0.1, 0.15) is 6.61 Å². The third kappa shape index (κ3) is 3.05. The van der Waals surface area contributed by atoms with Crippen LogP contribution in [0.1, 0.15) is 12.8 Å². The lowest BCUT2D eigenvalue weighted by Gasteiger charge is -2.07. The van der Waals surface area contributed by atoms with Crippen molar-refractivity contribution in [2.24, 2.45) is 0 Å². The van der Waals surface area contributed by atoms with Crippen molar-refractivity contribution in [3.8, 4) is 0 Å². The molecule has 4 heteroatoms. The summed E-state index contributed by atoms with van der Waals surface area (Å²) in [4.78, 5) is 23.4. The standard InChI is InChI=1S/C10H13NO3/c1-2-10(13)14-8-4-7-11-6-3-5-9(11)12/h2,4,7H,1,3,5-6,8H2. The van der Waals surface area contributed by atoms with Crippen LogP contribution in [0.2, 0.25) is 0 Å². The molecular weight excluding hydrogens is 182 g/mol. The molecule has 1 saturated heterocycles. The Morgan fingerprint density at radius 3 is 3.00 bits per heavy atom. The Morgan fingerprint density at radius 2 is 2.43 bits per heavy atom. The van der Waals surface area contributed by atoms with Crippen LogP contribution in [0.4, 0.5) is 0 Å². The maximum Gasteiger partial charge on any atom is 0.330 e. The zero-order valence-corrected chi connectivity index (χ0v) is 7.94. The zero-order chi connectivity index (χ0) is 10.4. The normalized spacial score (nSPS) is 16.3. The Kier molecular flexibility index (Phi) is 3.91. The zero-order valence-electron chi connectivity index (χ0n) is 7.94. The fourth-order valence-electron chi connectivity index (χ4n) is 1.19. The number of esters is 1. The van der Waals surface area contributed by atoms with Crippen molar-refractivity contribution in [2.75, 3.05) is 13.2 Å². The molecule has 0 N–H and O–H groups in total. The van der Waals surface area contributed by atoms with E-state index < -0.39 is 5.97 Å². The molecule has 1 heterocycles. The summed E-state index contributed by atoms with van der Waals surface area (Å²) >= 11 is 0. The molecule has 0 radical (unpaired) electrons. The first-order chi connectivity index (χ1) is 6.74. The SMILES string of the molecule is C=CC(=O)OCC=CN1CCCC1=O. The third-order valence-corrected chi connectivity index (χ3v) is 1.88. The Morgan fingerprint density at radius 1 is 1.64 bits per heavy atom. The molecule has 0 spiro atoms. The lowest BCUT2D eigenvalue weighted by Crippen LogP contribution is -2.17. The summed E-state index contributed by atoms with van der Waals surface area (Å²) in [5.74, 6) is -0.335. The Labute approximate surface area is 82.8 Å². The number of carbonyl (C=O) groups is 2. The van der Waals surface area contributed by atoms with Crippen molar-refractivity contribution >= 4 is 11.9 Å². The number of nitrogens with zero attached hydrogens (tertiary/aromatic N) is 1. The van der Waals surface area contributed by atoms with E-state index in [-0.39, 0.29) is 12.5 Å². The minimum Gasteiger partial charge on any atom is -0.458 e. The highest BCUT2D eigenvalue weighted by atomic mass is 16.5. The minimum atomic E-state index is -0.456. The van der Waals surface area contributed by atoms with E-state index in [0.29, 0.717) is 6.42 Å². The number of amides is 1. The van der Waals surface area contributed by atoms with Crippen LogP contribution in [0, 0.1) is 0 Å². The van der Waals surface area contributed by atoms with E-state index in [0.717, 1.165) is 19.0 Å². The molecule has 1 aliphatic heterocycles. The molecule has 1 fully saturated rings. The van der Waals surface area contributed by atoms with Gasteiger partial charge in [0.25, 0.3) is 0 Å². The summed E-state index contributed by atoms with van der Waals surface area (Å²) in [5, 5.41) is 0. The second-order valence-electron chi connectivity index (χ2n) is 2.91. The summed E-state index contributed by atoms with van der Waals surface area (Å²) in [6.45, 7) is 4.20. The number of hydrogen-bond donors (Lipinski definition) is 0.